The van der Waals surface area contributed by atoms with E-state index in [-0.39, 0.29) is 12.4 Å². The number of nitrogens with one attached hydrogen (secondary N) is 1. The number of hydrogen-bond acceptors (Lipinski definition) is 6. The van der Waals surface area contributed by atoms with E-state index in [9.17, 15) is 20.1 Å². The van der Waals surface area contributed by atoms with Gasteiger partial charge in [0, 0.05) is 12.1 Å². The molecule has 0 aromatic heterocycles. The second kappa shape index (κ2) is 13.5. The van der Waals surface area contributed by atoms with Gasteiger partial charge in [0.15, 0.2) is 0 Å². The SMILES string of the molecule is O=C(O)c1cccc(CCCCOc2ccc(CCNC[C@@H](O)c3ccc(O)c(CO)c3)cc2)c1. The Hall–Kier alpha value is -3.39. The molecule has 0 heterocycles. The quantitative estimate of drug-likeness (QED) is 0.223. The van der Waals surface area contributed by atoms with Gasteiger partial charge in [-0.1, -0.05) is 30.3 Å². The molecule has 0 aliphatic heterocycles. The lowest BCUT2D eigenvalue weighted by Crippen LogP contribution is -2.23. The molecule has 3 aromatic rings. The molecule has 186 valence electrons. The van der Waals surface area contributed by atoms with Crippen LogP contribution in [0.5, 0.6) is 11.5 Å². The molecular formula is C28H33NO6. The predicted molar refractivity (Wildman–Crippen MR) is 134 cm³/mol. The zero-order valence-corrected chi connectivity index (χ0v) is 19.7. The Kier molecular flexibility index (Phi) is 10.1. The average molecular weight is 480 g/mol. The fourth-order valence-corrected chi connectivity index (χ4v) is 3.76. The van der Waals surface area contributed by atoms with E-state index in [1.54, 1.807) is 30.3 Å². The van der Waals surface area contributed by atoms with Gasteiger partial charge in [0.25, 0.3) is 0 Å². The van der Waals surface area contributed by atoms with Crippen molar-refractivity contribution in [3.63, 3.8) is 0 Å². The number of rotatable bonds is 14. The van der Waals surface area contributed by atoms with Crippen molar-refractivity contribution < 1.29 is 30.0 Å². The maximum Gasteiger partial charge on any atom is 0.335 e. The molecule has 3 rings (SSSR count). The van der Waals surface area contributed by atoms with Crippen LogP contribution in [0.1, 0.15) is 51.6 Å². The summed E-state index contributed by atoms with van der Waals surface area (Å²) in [6.07, 6.45) is 2.70. The van der Waals surface area contributed by atoms with Crippen LogP contribution in [0.15, 0.2) is 66.7 Å². The fraction of sp³-hybridized carbons (Fsp3) is 0.321. The molecule has 0 amide bonds. The molecule has 0 aliphatic carbocycles. The van der Waals surface area contributed by atoms with Crippen molar-refractivity contribution >= 4 is 5.97 Å². The first-order chi connectivity index (χ1) is 17.0. The summed E-state index contributed by atoms with van der Waals surface area (Å²) < 4.78 is 5.82. The molecule has 7 heteroatoms. The highest BCUT2D eigenvalue weighted by molar-refractivity contribution is 5.87. The Labute approximate surface area is 205 Å². The number of aromatic carboxylic acids is 1. The summed E-state index contributed by atoms with van der Waals surface area (Å²) in [5, 5.41) is 41.5. The first-order valence-corrected chi connectivity index (χ1v) is 11.8. The van der Waals surface area contributed by atoms with Gasteiger partial charge in [0.1, 0.15) is 11.5 Å². The van der Waals surface area contributed by atoms with Crippen molar-refractivity contribution in [3.8, 4) is 11.5 Å². The number of unbranched alkanes of at least 4 members (excludes halogenated alkanes) is 1. The topological polar surface area (TPSA) is 119 Å². The fourth-order valence-electron chi connectivity index (χ4n) is 3.76. The lowest BCUT2D eigenvalue weighted by atomic mass is 10.1. The molecule has 35 heavy (non-hydrogen) atoms. The maximum atomic E-state index is 11.0. The molecule has 0 radical (unpaired) electrons. The van der Waals surface area contributed by atoms with Crippen molar-refractivity contribution in [1.82, 2.24) is 5.32 Å². The summed E-state index contributed by atoms with van der Waals surface area (Å²) in [6.45, 7) is 1.40. The van der Waals surface area contributed by atoms with Crippen molar-refractivity contribution in [2.75, 3.05) is 19.7 Å². The Morgan fingerprint density at radius 2 is 1.74 bits per heavy atom. The highest BCUT2D eigenvalue weighted by Crippen LogP contribution is 2.22. The highest BCUT2D eigenvalue weighted by Gasteiger charge is 2.10. The Balaban J connectivity index is 1.31. The van der Waals surface area contributed by atoms with Crippen molar-refractivity contribution in [2.45, 2.75) is 38.4 Å². The lowest BCUT2D eigenvalue weighted by molar-refractivity contribution is 0.0696. The van der Waals surface area contributed by atoms with E-state index in [4.69, 9.17) is 9.84 Å². The van der Waals surface area contributed by atoms with E-state index in [0.717, 1.165) is 42.6 Å². The molecule has 3 aromatic carbocycles. The van der Waals surface area contributed by atoms with E-state index in [0.29, 0.717) is 36.4 Å². The molecular weight excluding hydrogens is 446 g/mol. The highest BCUT2D eigenvalue weighted by atomic mass is 16.5. The Morgan fingerprint density at radius 3 is 2.49 bits per heavy atom. The second-order valence-electron chi connectivity index (χ2n) is 8.47. The van der Waals surface area contributed by atoms with Gasteiger partial charge < -0.3 is 30.5 Å². The van der Waals surface area contributed by atoms with Crippen LogP contribution >= 0.6 is 0 Å². The number of ether oxygens (including phenoxy) is 1. The first kappa shape index (κ1) is 26.2. The van der Waals surface area contributed by atoms with Crippen LogP contribution in [0.4, 0.5) is 0 Å². The van der Waals surface area contributed by atoms with Gasteiger partial charge in [-0.2, -0.15) is 0 Å². The predicted octanol–water partition coefficient (Wildman–Crippen LogP) is 3.85. The molecule has 0 spiro atoms. The summed E-state index contributed by atoms with van der Waals surface area (Å²) in [4.78, 5) is 11.0. The average Bonchev–Trinajstić information content (AvgIpc) is 2.87. The Bertz CT molecular complexity index is 1080. The number of aliphatic hydroxyl groups excluding tert-OH is 2. The minimum atomic E-state index is -0.904. The van der Waals surface area contributed by atoms with Gasteiger partial charge in [-0.15, -0.1) is 0 Å². The van der Waals surface area contributed by atoms with Gasteiger partial charge in [0.2, 0.25) is 0 Å². The number of carbonyl (C=O) groups is 1. The van der Waals surface area contributed by atoms with Gasteiger partial charge in [0.05, 0.1) is 24.9 Å². The van der Waals surface area contributed by atoms with Crippen LogP contribution in [0.2, 0.25) is 0 Å². The smallest absolute Gasteiger partial charge is 0.335 e. The summed E-state index contributed by atoms with van der Waals surface area (Å²) in [7, 11) is 0. The van der Waals surface area contributed by atoms with Crippen LogP contribution in [0.25, 0.3) is 0 Å². The monoisotopic (exact) mass is 479 g/mol. The molecule has 0 saturated carbocycles. The number of aliphatic hydroxyl groups is 2. The molecule has 0 bridgehead atoms. The van der Waals surface area contributed by atoms with Crippen molar-refractivity contribution in [2.24, 2.45) is 0 Å². The second-order valence-corrected chi connectivity index (χ2v) is 8.47. The zero-order chi connectivity index (χ0) is 25.0. The summed E-state index contributed by atoms with van der Waals surface area (Å²) in [5.74, 6) is -0.0671. The van der Waals surface area contributed by atoms with Crippen molar-refractivity contribution in [3.05, 3.63) is 94.5 Å². The molecule has 0 unspecified atom stereocenters. The number of carboxylic acid groups (broad SMARTS) is 1. The van der Waals surface area contributed by atoms with E-state index in [1.165, 1.54) is 6.07 Å². The minimum absolute atomic E-state index is 0.0205. The maximum absolute atomic E-state index is 11.0. The van der Waals surface area contributed by atoms with E-state index < -0.39 is 12.1 Å². The zero-order valence-electron chi connectivity index (χ0n) is 19.7. The summed E-state index contributed by atoms with van der Waals surface area (Å²) in [5.41, 5.74) is 3.54. The van der Waals surface area contributed by atoms with Crippen LogP contribution in [0, 0.1) is 0 Å². The number of aryl methyl sites for hydroxylation is 1. The molecule has 7 nitrogen and oxygen atoms in total. The van der Waals surface area contributed by atoms with Crippen molar-refractivity contribution in [1.29, 1.82) is 0 Å². The largest absolute Gasteiger partial charge is 0.508 e. The van der Waals surface area contributed by atoms with Crippen LogP contribution in [-0.2, 0) is 19.4 Å². The van der Waals surface area contributed by atoms with E-state index in [2.05, 4.69) is 5.32 Å². The standard InChI is InChI=1S/C28H33NO6/c30-19-24-17-22(9-12-26(24)31)27(32)18-29-14-13-20-7-10-25(11-8-20)35-15-2-1-4-21-5-3-6-23(16-21)28(33)34/h3,5-12,16-17,27,29-32H,1-2,4,13-15,18-19H2,(H,33,34)/t27-/m1/s1. The van der Waals surface area contributed by atoms with Crippen LogP contribution in [-0.4, -0.2) is 46.1 Å². The normalized spacial score (nSPS) is 11.8. The molecule has 0 saturated heterocycles. The van der Waals surface area contributed by atoms with Crippen LogP contribution in [0.3, 0.4) is 0 Å². The van der Waals surface area contributed by atoms with E-state index >= 15 is 0 Å². The summed E-state index contributed by atoms with van der Waals surface area (Å²) in [6, 6.07) is 19.7. The third kappa shape index (κ3) is 8.40. The molecule has 0 aliphatic rings. The van der Waals surface area contributed by atoms with Gasteiger partial charge in [-0.05, 0) is 85.3 Å². The minimum Gasteiger partial charge on any atom is -0.508 e. The number of benzene rings is 3. The van der Waals surface area contributed by atoms with Gasteiger partial charge >= 0.3 is 5.97 Å². The molecule has 5 N–H and O–H groups in total. The lowest BCUT2D eigenvalue weighted by Gasteiger charge is -2.14. The van der Waals surface area contributed by atoms with E-state index in [1.807, 2.05) is 30.3 Å². The number of aromatic hydroxyl groups is 1. The number of carboxylic acids is 1. The Morgan fingerprint density at radius 1 is 0.943 bits per heavy atom. The third-order valence-corrected chi connectivity index (χ3v) is 5.81. The van der Waals surface area contributed by atoms with Crippen LogP contribution < -0.4 is 10.1 Å². The number of hydrogen-bond donors (Lipinski definition) is 5. The molecule has 1 atom stereocenters. The molecule has 0 fully saturated rings. The summed E-state index contributed by atoms with van der Waals surface area (Å²) >= 11 is 0. The third-order valence-electron chi connectivity index (χ3n) is 5.81. The first-order valence-electron chi connectivity index (χ1n) is 11.8. The van der Waals surface area contributed by atoms with Gasteiger partial charge in [-0.3, -0.25) is 0 Å². The number of phenols is 1. The van der Waals surface area contributed by atoms with Gasteiger partial charge in [-0.25, -0.2) is 4.79 Å².